The fourth-order valence-corrected chi connectivity index (χ4v) is 4.26. The quantitative estimate of drug-likeness (QED) is 0.548. The fraction of sp³-hybridized carbons (Fsp3) is 0.818. The first-order chi connectivity index (χ1) is 5.68. The minimum atomic E-state index is 0.936. The van der Waals surface area contributed by atoms with Crippen LogP contribution in [0.1, 0.15) is 40.0 Å². The maximum absolute atomic E-state index is 2.40. The summed E-state index contributed by atoms with van der Waals surface area (Å²) in [5.41, 5.74) is 1.69. The first-order valence-corrected chi connectivity index (χ1v) is 5.90. The van der Waals surface area contributed by atoms with E-state index in [-0.39, 0.29) is 0 Å². The van der Waals surface area contributed by atoms with Gasteiger partial charge in [0.2, 0.25) is 0 Å². The average molecular weight is 182 g/mol. The average Bonchev–Trinajstić information content (AvgIpc) is 2.28. The molecule has 0 spiro atoms. The zero-order valence-corrected chi connectivity index (χ0v) is 9.08. The molecule has 1 aliphatic carbocycles. The van der Waals surface area contributed by atoms with Crippen molar-refractivity contribution in [1.29, 1.82) is 0 Å². The van der Waals surface area contributed by atoms with Crippen molar-refractivity contribution in [2.24, 2.45) is 11.8 Å². The van der Waals surface area contributed by atoms with E-state index in [1.54, 1.807) is 10.5 Å². The van der Waals surface area contributed by atoms with Crippen molar-refractivity contribution in [3.05, 3.63) is 10.5 Å². The molecule has 0 bridgehead atoms. The predicted octanol–water partition coefficient (Wildman–Crippen LogP) is 3.83. The molecule has 0 amide bonds. The van der Waals surface area contributed by atoms with Gasteiger partial charge in [-0.2, -0.15) is 0 Å². The van der Waals surface area contributed by atoms with E-state index in [0.29, 0.717) is 0 Å². The molecule has 1 heteroatoms. The molecule has 1 aliphatic heterocycles. The van der Waals surface area contributed by atoms with Crippen LogP contribution in [0.25, 0.3) is 0 Å². The molecule has 0 aromatic carbocycles. The molecule has 0 aromatic rings. The molecule has 0 nitrogen and oxygen atoms in total. The number of hydrogen-bond acceptors (Lipinski definition) is 1. The summed E-state index contributed by atoms with van der Waals surface area (Å²) in [4.78, 5) is 1.61. The van der Waals surface area contributed by atoms with Crippen LogP contribution in [0.2, 0.25) is 0 Å². The SMILES string of the molecule is CC1=C(C)C2CCC(C)CC2S1. The summed E-state index contributed by atoms with van der Waals surface area (Å²) in [6.07, 6.45) is 4.35. The maximum Gasteiger partial charge on any atom is 0.0159 e. The van der Waals surface area contributed by atoms with Gasteiger partial charge in [-0.05, 0) is 43.4 Å². The van der Waals surface area contributed by atoms with Crippen LogP contribution >= 0.6 is 11.8 Å². The van der Waals surface area contributed by atoms with Gasteiger partial charge in [-0.3, -0.25) is 0 Å². The minimum Gasteiger partial charge on any atom is -0.127 e. The van der Waals surface area contributed by atoms with Crippen LogP contribution in [-0.2, 0) is 0 Å². The number of fused-ring (bicyclic) bond motifs is 1. The Bertz CT molecular complexity index is 217. The van der Waals surface area contributed by atoms with E-state index in [0.717, 1.165) is 17.1 Å². The molecule has 1 fully saturated rings. The summed E-state index contributed by atoms with van der Waals surface area (Å²) in [6.45, 7) is 7.03. The molecule has 2 aliphatic rings. The molecule has 12 heavy (non-hydrogen) atoms. The van der Waals surface area contributed by atoms with E-state index in [4.69, 9.17) is 0 Å². The highest BCUT2D eigenvalue weighted by atomic mass is 32.2. The Kier molecular flexibility index (Phi) is 2.24. The summed E-state index contributed by atoms with van der Waals surface area (Å²) in [5, 5.41) is 0.939. The second-order valence-corrected chi connectivity index (χ2v) is 5.87. The highest BCUT2D eigenvalue weighted by molar-refractivity contribution is 8.03. The van der Waals surface area contributed by atoms with Crippen LogP contribution in [0.4, 0.5) is 0 Å². The maximum atomic E-state index is 2.40. The number of rotatable bonds is 0. The van der Waals surface area contributed by atoms with Crippen LogP contribution < -0.4 is 0 Å². The lowest BCUT2D eigenvalue weighted by Gasteiger charge is -2.30. The Balaban J connectivity index is 2.11. The molecule has 1 heterocycles. The first kappa shape index (κ1) is 8.68. The van der Waals surface area contributed by atoms with Crippen molar-refractivity contribution < 1.29 is 0 Å². The standard InChI is InChI=1S/C11H18S/c1-7-4-5-10-8(2)9(3)12-11(10)6-7/h7,10-11H,4-6H2,1-3H3. The molecule has 68 valence electrons. The third-order valence-corrected chi connectivity index (χ3v) is 4.99. The van der Waals surface area contributed by atoms with Crippen molar-refractivity contribution in [2.45, 2.75) is 45.3 Å². The molecule has 0 N–H and O–H groups in total. The zero-order chi connectivity index (χ0) is 8.72. The Morgan fingerprint density at radius 1 is 1.25 bits per heavy atom. The highest BCUT2D eigenvalue weighted by Crippen LogP contribution is 2.49. The summed E-state index contributed by atoms with van der Waals surface area (Å²) in [7, 11) is 0. The first-order valence-electron chi connectivity index (χ1n) is 5.02. The van der Waals surface area contributed by atoms with Gasteiger partial charge in [0.15, 0.2) is 0 Å². The lowest BCUT2D eigenvalue weighted by molar-refractivity contribution is 0.334. The molecule has 2 rings (SSSR count). The molecule has 3 unspecified atom stereocenters. The smallest absolute Gasteiger partial charge is 0.0159 e. The van der Waals surface area contributed by atoms with E-state index >= 15 is 0 Å². The van der Waals surface area contributed by atoms with Gasteiger partial charge in [0.25, 0.3) is 0 Å². The monoisotopic (exact) mass is 182 g/mol. The van der Waals surface area contributed by atoms with Gasteiger partial charge in [0.1, 0.15) is 0 Å². The Hall–Kier alpha value is 0.0900. The molecule has 3 atom stereocenters. The van der Waals surface area contributed by atoms with Gasteiger partial charge in [-0.25, -0.2) is 0 Å². The minimum absolute atomic E-state index is 0.936. The summed E-state index contributed by atoms with van der Waals surface area (Å²) < 4.78 is 0. The fourth-order valence-electron chi connectivity index (χ4n) is 2.54. The third kappa shape index (κ3) is 1.32. The van der Waals surface area contributed by atoms with Crippen molar-refractivity contribution in [3.63, 3.8) is 0 Å². The molecule has 0 aromatic heterocycles. The van der Waals surface area contributed by atoms with Crippen LogP contribution in [0.5, 0.6) is 0 Å². The lowest BCUT2D eigenvalue weighted by atomic mass is 9.79. The Labute approximate surface area is 79.8 Å². The van der Waals surface area contributed by atoms with Crippen molar-refractivity contribution >= 4 is 11.8 Å². The summed E-state index contributed by atoms with van der Waals surface area (Å²) in [5.74, 6) is 1.91. The zero-order valence-electron chi connectivity index (χ0n) is 8.26. The third-order valence-electron chi connectivity index (χ3n) is 3.49. The van der Waals surface area contributed by atoms with Gasteiger partial charge < -0.3 is 0 Å². The number of allylic oxidation sites excluding steroid dienone is 2. The predicted molar refractivity (Wildman–Crippen MR) is 56.3 cm³/mol. The normalized spacial score (nSPS) is 41.8. The van der Waals surface area contributed by atoms with Gasteiger partial charge in [0, 0.05) is 5.25 Å². The molecule has 0 radical (unpaired) electrons. The van der Waals surface area contributed by atoms with Crippen LogP contribution in [0.15, 0.2) is 10.5 Å². The topological polar surface area (TPSA) is 0 Å². The van der Waals surface area contributed by atoms with Gasteiger partial charge in [-0.15, -0.1) is 11.8 Å². The van der Waals surface area contributed by atoms with Crippen molar-refractivity contribution in [3.8, 4) is 0 Å². The van der Waals surface area contributed by atoms with Crippen LogP contribution in [0, 0.1) is 11.8 Å². The Morgan fingerprint density at radius 2 is 2.00 bits per heavy atom. The van der Waals surface area contributed by atoms with E-state index in [1.165, 1.54) is 19.3 Å². The molecular weight excluding hydrogens is 164 g/mol. The van der Waals surface area contributed by atoms with Crippen molar-refractivity contribution in [2.75, 3.05) is 0 Å². The van der Waals surface area contributed by atoms with Crippen LogP contribution in [0.3, 0.4) is 0 Å². The van der Waals surface area contributed by atoms with Crippen molar-refractivity contribution in [1.82, 2.24) is 0 Å². The molecule has 0 saturated heterocycles. The van der Waals surface area contributed by atoms with E-state index < -0.39 is 0 Å². The van der Waals surface area contributed by atoms with Gasteiger partial charge >= 0.3 is 0 Å². The van der Waals surface area contributed by atoms with Gasteiger partial charge in [0.05, 0.1) is 0 Å². The molecular formula is C11H18S. The van der Waals surface area contributed by atoms with E-state index in [9.17, 15) is 0 Å². The largest absolute Gasteiger partial charge is 0.127 e. The van der Waals surface area contributed by atoms with E-state index in [2.05, 4.69) is 32.5 Å². The summed E-state index contributed by atoms with van der Waals surface area (Å²) >= 11 is 2.14. The van der Waals surface area contributed by atoms with E-state index in [1.807, 2.05) is 0 Å². The molecule has 1 saturated carbocycles. The number of hydrogen-bond donors (Lipinski definition) is 0. The number of thioether (sulfide) groups is 1. The lowest BCUT2D eigenvalue weighted by Crippen LogP contribution is -2.23. The van der Waals surface area contributed by atoms with Crippen LogP contribution in [-0.4, -0.2) is 5.25 Å². The second kappa shape index (κ2) is 3.10. The highest BCUT2D eigenvalue weighted by Gasteiger charge is 2.35. The van der Waals surface area contributed by atoms with Gasteiger partial charge in [-0.1, -0.05) is 18.9 Å². The Morgan fingerprint density at radius 3 is 2.75 bits per heavy atom. The summed E-state index contributed by atoms with van der Waals surface area (Å²) in [6, 6.07) is 0. The second-order valence-electron chi connectivity index (χ2n) is 4.42.